The van der Waals surface area contributed by atoms with Gasteiger partial charge in [-0.2, -0.15) is 0 Å². The molecule has 0 amide bonds. The standard InChI is InChI=1S/C4H4Cl3NO/c1-2(8)3(9)4(5,6)7/h1,8H2. The highest BCUT2D eigenvalue weighted by molar-refractivity contribution is 6.77. The normalized spacial score (nSPS) is 11.0. The molecule has 0 aliphatic rings. The molecule has 0 bridgehead atoms. The molecule has 5 heteroatoms. The lowest BCUT2D eigenvalue weighted by atomic mass is 10.4. The van der Waals surface area contributed by atoms with Crippen LogP contribution in [0.3, 0.4) is 0 Å². The summed E-state index contributed by atoms with van der Waals surface area (Å²) in [6.45, 7) is 3.10. The van der Waals surface area contributed by atoms with Gasteiger partial charge in [-0.1, -0.05) is 41.4 Å². The minimum absolute atomic E-state index is 0.255. The van der Waals surface area contributed by atoms with Crippen molar-refractivity contribution in [1.29, 1.82) is 0 Å². The van der Waals surface area contributed by atoms with Crippen LogP contribution in [0.15, 0.2) is 12.3 Å². The molecule has 0 unspecified atom stereocenters. The van der Waals surface area contributed by atoms with Crippen molar-refractivity contribution in [2.45, 2.75) is 3.79 Å². The fraction of sp³-hybridized carbons (Fsp3) is 0.250. The first kappa shape index (κ1) is 9.08. The molecular weight excluding hydrogens is 184 g/mol. The average molecular weight is 188 g/mol. The molecule has 0 radical (unpaired) electrons. The van der Waals surface area contributed by atoms with Crippen LogP contribution in [0.4, 0.5) is 0 Å². The third kappa shape index (κ3) is 2.94. The Hall–Kier alpha value is 0.0800. The number of carbonyl (C=O) groups is 1. The number of halogens is 3. The fourth-order valence-electron chi connectivity index (χ4n) is 0.182. The van der Waals surface area contributed by atoms with Crippen molar-refractivity contribution in [3.05, 3.63) is 12.3 Å². The second-order valence-electron chi connectivity index (χ2n) is 1.35. The maximum atomic E-state index is 10.5. The first-order valence-electron chi connectivity index (χ1n) is 1.91. The van der Waals surface area contributed by atoms with Crippen molar-refractivity contribution in [2.24, 2.45) is 5.73 Å². The summed E-state index contributed by atoms with van der Waals surface area (Å²) in [7, 11) is 0. The Bertz CT molecular complexity index is 148. The van der Waals surface area contributed by atoms with Crippen molar-refractivity contribution in [3.63, 3.8) is 0 Å². The molecule has 0 aromatic heterocycles. The summed E-state index contributed by atoms with van der Waals surface area (Å²) >= 11 is 15.4. The van der Waals surface area contributed by atoms with Crippen LogP contribution < -0.4 is 5.73 Å². The van der Waals surface area contributed by atoms with E-state index in [9.17, 15) is 4.79 Å². The third-order valence-corrected chi connectivity index (χ3v) is 1.06. The first-order valence-corrected chi connectivity index (χ1v) is 3.05. The highest BCUT2D eigenvalue weighted by Gasteiger charge is 2.31. The number of rotatable bonds is 1. The van der Waals surface area contributed by atoms with E-state index in [0.29, 0.717) is 0 Å². The van der Waals surface area contributed by atoms with Crippen LogP contribution in [0.2, 0.25) is 0 Å². The minimum atomic E-state index is -1.97. The zero-order chi connectivity index (χ0) is 7.65. The summed E-state index contributed by atoms with van der Waals surface area (Å²) in [5.41, 5.74) is 4.67. The summed E-state index contributed by atoms with van der Waals surface area (Å²) in [5.74, 6) is -0.785. The molecule has 0 aliphatic carbocycles. The second kappa shape index (κ2) is 2.78. The molecule has 0 heterocycles. The summed E-state index contributed by atoms with van der Waals surface area (Å²) in [4.78, 5) is 10.5. The molecule has 0 rings (SSSR count). The highest BCUT2D eigenvalue weighted by atomic mass is 35.6. The predicted molar refractivity (Wildman–Crippen MR) is 38.6 cm³/mol. The summed E-state index contributed by atoms with van der Waals surface area (Å²) in [5, 5.41) is 0. The van der Waals surface area contributed by atoms with Crippen LogP contribution >= 0.6 is 34.8 Å². The Balaban J connectivity index is 4.23. The molecule has 0 fully saturated rings. The SMILES string of the molecule is C=C(N)C(=O)C(Cl)(Cl)Cl. The average Bonchev–Trinajstić information content (AvgIpc) is 1.62. The van der Waals surface area contributed by atoms with Crippen LogP contribution in [-0.2, 0) is 4.79 Å². The zero-order valence-electron chi connectivity index (χ0n) is 4.33. The van der Waals surface area contributed by atoms with E-state index in [1.807, 2.05) is 0 Å². The molecule has 9 heavy (non-hydrogen) atoms. The van der Waals surface area contributed by atoms with Gasteiger partial charge in [0, 0.05) is 0 Å². The van der Waals surface area contributed by atoms with E-state index >= 15 is 0 Å². The van der Waals surface area contributed by atoms with Crippen LogP contribution in [0, 0.1) is 0 Å². The molecule has 0 saturated heterocycles. The molecule has 0 atom stereocenters. The van der Waals surface area contributed by atoms with Gasteiger partial charge >= 0.3 is 0 Å². The monoisotopic (exact) mass is 187 g/mol. The smallest absolute Gasteiger partial charge is 0.254 e. The Morgan fingerprint density at radius 2 is 1.78 bits per heavy atom. The van der Waals surface area contributed by atoms with Crippen molar-refractivity contribution >= 4 is 40.6 Å². The Kier molecular flexibility index (Phi) is 2.80. The molecule has 0 aliphatic heterocycles. The molecule has 0 aromatic carbocycles. The summed E-state index contributed by atoms with van der Waals surface area (Å²) in [6, 6.07) is 0. The lowest BCUT2D eigenvalue weighted by Crippen LogP contribution is -2.24. The van der Waals surface area contributed by atoms with E-state index < -0.39 is 9.58 Å². The van der Waals surface area contributed by atoms with E-state index in [2.05, 4.69) is 6.58 Å². The van der Waals surface area contributed by atoms with E-state index in [-0.39, 0.29) is 5.70 Å². The van der Waals surface area contributed by atoms with Gasteiger partial charge in [0.2, 0.25) is 5.78 Å². The number of alkyl halides is 3. The quantitative estimate of drug-likeness (QED) is 0.499. The number of hydrogen-bond acceptors (Lipinski definition) is 2. The van der Waals surface area contributed by atoms with Crippen molar-refractivity contribution < 1.29 is 4.79 Å². The van der Waals surface area contributed by atoms with Crippen LogP contribution in [0.5, 0.6) is 0 Å². The summed E-state index contributed by atoms with van der Waals surface area (Å²) in [6.07, 6.45) is 0. The van der Waals surface area contributed by atoms with E-state index in [1.165, 1.54) is 0 Å². The molecule has 0 saturated carbocycles. The third-order valence-electron chi connectivity index (χ3n) is 0.549. The largest absolute Gasteiger partial charge is 0.396 e. The van der Waals surface area contributed by atoms with E-state index in [0.717, 1.165) is 0 Å². The number of ketones is 1. The summed E-state index contributed by atoms with van der Waals surface area (Å²) < 4.78 is -1.97. The van der Waals surface area contributed by atoms with Gasteiger partial charge in [0.1, 0.15) is 0 Å². The maximum absolute atomic E-state index is 10.5. The minimum Gasteiger partial charge on any atom is -0.396 e. The first-order chi connectivity index (χ1) is 3.85. The van der Waals surface area contributed by atoms with Gasteiger partial charge in [-0.25, -0.2) is 0 Å². The van der Waals surface area contributed by atoms with Crippen LogP contribution in [0.25, 0.3) is 0 Å². The fourth-order valence-corrected chi connectivity index (χ4v) is 0.546. The van der Waals surface area contributed by atoms with Crippen molar-refractivity contribution in [1.82, 2.24) is 0 Å². The van der Waals surface area contributed by atoms with Gasteiger partial charge in [0.05, 0.1) is 5.70 Å². The molecule has 52 valence electrons. The lowest BCUT2D eigenvalue weighted by molar-refractivity contribution is -0.114. The van der Waals surface area contributed by atoms with Gasteiger partial charge in [-0.05, 0) is 0 Å². The van der Waals surface area contributed by atoms with Crippen LogP contribution in [-0.4, -0.2) is 9.58 Å². The Labute approximate surface area is 67.6 Å². The van der Waals surface area contributed by atoms with Gasteiger partial charge < -0.3 is 5.73 Å². The van der Waals surface area contributed by atoms with Crippen molar-refractivity contribution in [3.8, 4) is 0 Å². The van der Waals surface area contributed by atoms with E-state index in [4.69, 9.17) is 40.5 Å². The molecule has 2 N–H and O–H groups in total. The number of carbonyl (C=O) groups excluding carboxylic acids is 1. The lowest BCUT2D eigenvalue weighted by Gasteiger charge is -2.06. The van der Waals surface area contributed by atoms with Gasteiger partial charge in [0.25, 0.3) is 3.79 Å². The number of nitrogens with two attached hydrogens (primary N) is 1. The number of allylic oxidation sites excluding steroid dienone is 1. The van der Waals surface area contributed by atoms with Gasteiger partial charge in [-0.15, -0.1) is 0 Å². The van der Waals surface area contributed by atoms with Gasteiger partial charge in [0.15, 0.2) is 0 Å². The van der Waals surface area contributed by atoms with Crippen molar-refractivity contribution in [2.75, 3.05) is 0 Å². The number of Topliss-reactive ketones (excluding diaryl/α,β-unsaturated/α-hetero) is 1. The predicted octanol–water partition coefficient (Wildman–Crippen LogP) is 1.40. The van der Waals surface area contributed by atoms with Gasteiger partial charge in [-0.3, -0.25) is 4.79 Å². The highest BCUT2D eigenvalue weighted by Crippen LogP contribution is 2.28. The zero-order valence-corrected chi connectivity index (χ0v) is 6.59. The Morgan fingerprint density at radius 3 is 1.78 bits per heavy atom. The molecular formula is C4H4Cl3NO. The maximum Gasteiger partial charge on any atom is 0.254 e. The topological polar surface area (TPSA) is 43.1 Å². The Morgan fingerprint density at radius 1 is 1.44 bits per heavy atom. The van der Waals surface area contributed by atoms with E-state index in [1.54, 1.807) is 0 Å². The number of hydrogen-bond donors (Lipinski definition) is 1. The molecule has 2 nitrogen and oxygen atoms in total. The van der Waals surface area contributed by atoms with Crippen LogP contribution in [0.1, 0.15) is 0 Å². The molecule has 0 spiro atoms. The second-order valence-corrected chi connectivity index (χ2v) is 3.63. The molecule has 0 aromatic rings.